The van der Waals surface area contributed by atoms with Gasteiger partial charge in [-0.15, -0.1) is 0 Å². The molecule has 0 saturated carbocycles. The number of rotatable bonds is 15. The molecule has 10 nitrogen and oxygen atoms in total. The zero-order chi connectivity index (χ0) is 45.8. The van der Waals surface area contributed by atoms with Gasteiger partial charge in [-0.2, -0.15) is 0 Å². The van der Waals surface area contributed by atoms with Gasteiger partial charge in [0.25, 0.3) is 0 Å². The van der Waals surface area contributed by atoms with Crippen molar-refractivity contribution in [1.29, 1.82) is 0 Å². The highest BCUT2D eigenvalue weighted by molar-refractivity contribution is 5.98. The Balaban J connectivity index is 0.000000180. The van der Waals surface area contributed by atoms with Crippen LogP contribution in [0.1, 0.15) is 56.8 Å². The second kappa shape index (κ2) is 25.1. The van der Waals surface area contributed by atoms with Crippen LogP contribution in [0.3, 0.4) is 0 Å². The molecule has 11 heteroatoms. The first-order valence-corrected chi connectivity index (χ1v) is 22.1. The zero-order valence-corrected chi connectivity index (χ0v) is 38.0. The molecule has 2 aliphatic heterocycles. The number of nitrogens with one attached hydrogen (secondary N) is 1. The van der Waals surface area contributed by atoms with E-state index in [2.05, 4.69) is 80.7 Å². The van der Waals surface area contributed by atoms with Gasteiger partial charge in [0.15, 0.2) is 23.1 Å². The third-order valence-corrected chi connectivity index (χ3v) is 11.2. The largest absolute Gasteiger partial charge is 0.495 e. The molecule has 340 valence electrons. The molecule has 0 spiro atoms. The van der Waals surface area contributed by atoms with Gasteiger partial charge >= 0.3 is 0 Å². The fourth-order valence-electron chi connectivity index (χ4n) is 7.61. The first-order chi connectivity index (χ1) is 31.7. The van der Waals surface area contributed by atoms with Gasteiger partial charge in [-0.25, -0.2) is 4.39 Å². The SMILES string of the molecule is COc1cc(C(C)=O)c(OCc2ccccc2)cc1F.COc1cc(C(C)=O)c(OCc2ccccc2)cc1N1CCN(Cc2ccccc2)CC1.c1ccc(CN2CCNCC2)cc1. The Morgan fingerprint density at radius 3 is 1.34 bits per heavy atom. The highest BCUT2D eigenvalue weighted by Gasteiger charge is 2.23. The summed E-state index contributed by atoms with van der Waals surface area (Å²) in [6, 6.07) is 47.0. The topological polar surface area (TPSA) is 92.8 Å². The van der Waals surface area contributed by atoms with Crippen molar-refractivity contribution in [1.82, 2.24) is 15.1 Å². The number of halogens is 1. The molecular weight excluding hydrogens is 820 g/mol. The Kier molecular flexibility index (Phi) is 18.5. The molecular formula is C54H61FN4O6. The van der Waals surface area contributed by atoms with E-state index in [0.717, 1.165) is 69.2 Å². The number of hydrogen-bond acceptors (Lipinski definition) is 10. The lowest BCUT2D eigenvalue weighted by Gasteiger charge is -2.37. The van der Waals surface area contributed by atoms with E-state index in [9.17, 15) is 14.0 Å². The van der Waals surface area contributed by atoms with Crippen molar-refractivity contribution >= 4 is 17.3 Å². The van der Waals surface area contributed by atoms with Crippen LogP contribution in [0.2, 0.25) is 0 Å². The predicted molar refractivity (Wildman–Crippen MR) is 256 cm³/mol. The maximum Gasteiger partial charge on any atom is 0.168 e. The molecule has 0 radical (unpaired) electrons. The number of nitrogens with zero attached hydrogens (tertiary/aromatic N) is 3. The fraction of sp³-hybridized carbons (Fsp3) is 0.296. The average Bonchev–Trinajstić information content (AvgIpc) is 3.34. The minimum absolute atomic E-state index is 0.0299. The second-order valence-corrected chi connectivity index (χ2v) is 15.9. The summed E-state index contributed by atoms with van der Waals surface area (Å²) >= 11 is 0. The van der Waals surface area contributed by atoms with Gasteiger partial charge in [-0.1, -0.05) is 121 Å². The number of methoxy groups -OCH3 is 2. The smallest absolute Gasteiger partial charge is 0.168 e. The summed E-state index contributed by atoms with van der Waals surface area (Å²) < 4.78 is 35.9. The summed E-state index contributed by atoms with van der Waals surface area (Å²) in [6.45, 7) is 14.0. The highest BCUT2D eigenvalue weighted by atomic mass is 19.1. The van der Waals surface area contributed by atoms with Gasteiger partial charge in [0.05, 0.1) is 31.0 Å². The molecule has 2 saturated heterocycles. The number of carbonyl (C=O) groups is 2. The first kappa shape index (κ1) is 47.9. The zero-order valence-electron chi connectivity index (χ0n) is 38.0. The van der Waals surface area contributed by atoms with Crippen LogP contribution < -0.4 is 29.2 Å². The molecule has 0 bridgehead atoms. The number of hydrogen-bond donors (Lipinski definition) is 1. The van der Waals surface area contributed by atoms with Gasteiger partial charge in [0, 0.05) is 77.6 Å². The number of ether oxygens (including phenoxy) is 4. The Bertz CT molecular complexity index is 2370. The van der Waals surface area contributed by atoms with Crippen LogP contribution in [0.5, 0.6) is 23.0 Å². The minimum atomic E-state index is -0.555. The van der Waals surface area contributed by atoms with Gasteiger partial charge in [0.2, 0.25) is 0 Å². The Morgan fingerprint density at radius 1 is 0.508 bits per heavy atom. The third kappa shape index (κ3) is 14.8. The predicted octanol–water partition coefficient (Wildman–Crippen LogP) is 9.51. The van der Waals surface area contributed by atoms with Crippen LogP contribution in [-0.4, -0.2) is 87.9 Å². The van der Waals surface area contributed by atoms with Crippen LogP contribution in [0, 0.1) is 5.82 Å². The normalized spacial score (nSPS) is 13.9. The van der Waals surface area contributed by atoms with E-state index in [1.54, 1.807) is 14.0 Å². The van der Waals surface area contributed by atoms with Gasteiger partial charge < -0.3 is 29.2 Å². The van der Waals surface area contributed by atoms with Crippen molar-refractivity contribution in [3.8, 4) is 23.0 Å². The summed E-state index contributed by atoms with van der Waals surface area (Å²) in [4.78, 5) is 31.2. The molecule has 0 aliphatic carbocycles. The minimum Gasteiger partial charge on any atom is -0.495 e. The quantitative estimate of drug-likeness (QED) is 0.101. The molecule has 6 aromatic rings. The summed E-state index contributed by atoms with van der Waals surface area (Å²) in [5.41, 5.74) is 6.58. The number of ketones is 2. The average molecular weight is 881 g/mol. The maximum absolute atomic E-state index is 13.7. The van der Waals surface area contributed by atoms with E-state index in [1.807, 2.05) is 72.8 Å². The number of Topliss-reactive ketones (excluding diaryl/α,β-unsaturated/α-hetero) is 2. The molecule has 0 aromatic heterocycles. The molecule has 0 unspecified atom stereocenters. The van der Waals surface area contributed by atoms with E-state index in [0.29, 0.717) is 29.2 Å². The van der Waals surface area contributed by atoms with Crippen molar-refractivity contribution in [2.75, 3.05) is 71.5 Å². The maximum atomic E-state index is 13.7. The van der Waals surface area contributed by atoms with Gasteiger partial charge in [-0.05, 0) is 48.2 Å². The lowest BCUT2D eigenvalue weighted by atomic mass is 10.1. The van der Waals surface area contributed by atoms with Crippen molar-refractivity contribution in [3.05, 3.63) is 185 Å². The Labute approximate surface area is 383 Å². The number of carbonyl (C=O) groups excluding carboxylic acids is 2. The number of piperazine rings is 2. The first-order valence-electron chi connectivity index (χ1n) is 22.1. The number of benzene rings is 6. The molecule has 0 atom stereocenters. The van der Waals surface area contributed by atoms with Crippen LogP contribution >= 0.6 is 0 Å². The standard InChI is InChI=1S/C27H30N2O3.C16H15FO3.C11H16N2/c1-21(30)24-17-27(31-2)25(18-26(24)32-20-23-11-7-4-8-12-23)29-15-13-28(14-16-29)19-22-9-5-3-6-10-22;1-11(18)13-8-16(19-2)14(17)9-15(13)20-10-12-6-4-3-5-7-12;1-2-4-11(5-3-1)10-13-8-6-12-7-9-13/h3-12,17-18H,13-16,19-20H2,1-2H3;3-9H,10H2,1-2H3;1-5,12H,6-10H2. The summed E-state index contributed by atoms with van der Waals surface area (Å²) in [5, 5.41) is 3.36. The van der Waals surface area contributed by atoms with E-state index < -0.39 is 5.82 Å². The molecule has 8 rings (SSSR count). The lowest BCUT2D eigenvalue weighted by molar-refractivity contribution is 0.0999. The van der Waals surface area contributed by atoms with Gasteiger partial charge in [0.1, 0.15) is 30.5 Å². The van der Waals surface area contributed by atoms with E-state index >= 15 is 0 Å². The van der Waals surface area contributed by atoms with E-state index in [4.69, 9.17) is 18.9 Å². The van der Waals surface area contributed by atoms with Crippen molar-refractivity contribution < 1.29 is 32.9 Å². The Hall–Kier alpha value is -6.53. The summed E-state index contributed by atoms with van der Waals surface area (Å²) in [7, 11) is 3.01. The molecule has 0 amide bonds. The van der Waals surface area contributed by atoms with Crippen LogP contribution in [-0.2, 0) is 26.3 Å². The van der Waals surface area contributed by atoms with E-state index in [1.165, 1.54) is 50.4 Å². The summed E-state index contributed by atoms with van der Waals surface area (Å²) in [6.07, 6.45) is 0. The van der Waals surface area contributed by atoms with Crippen molar-refractivity contribution in [3.63, 3.8) is 0 Å². The van der Waals surface area contributed by atoms with Crippen molar-refractivity contribution in [2.45, 2.75) is 40.2 Å². The fourth-order valence-corrected chi connectivity index (χ4v) is 7.61. The molecule has 2 fully saturated rings. The lowest BCUT2D eigenvalue weighted by Crippen LogP contribution is -2.46. The third-order valence-electron chi connectivity index (χ3n) is 11.2. The second-order valence-electron chi connectivity index (χ2n) is 15.9. The highest BCUT2D eigenvalue weighted by Crippen LogP contribution is 2.37. The Morgan fingerprint density at radius 2 is 0.908 bits per heavy atom. The van der Waals surface area contributed by atoms with Gasteiger partial charge in [-0.3, -0.25) is 19.4 Å². The molecule has 1 N–H and O–H groups in total. The molecule has 65 heavy (non-hydrogen) atoms. The van der Waals surface area contributed by atoms with Crippen LogP contribution in [0.25, 0.3) is 0 Å². The molecule has 2 aliphatic rings. The molecule has 2 heterocycles. The van der Waals surface area contributed by atoms with E-state index in [-0.39, 0.29) is 29.7 Å². The van der Waals surface area contributed by atoms with Crippen LogP contribution in [0.4, 0.5) is 10.1 Å². The number of anilines is 1. The van der Waals surface area contributed by atoms with Crippen molar-refractivity contribution in [2.24, 2.45) is 0 Å². The monoisotopic (exact) mass is 880 g/mol. The molecule has 6 aromatic carbocycles. The summed E-state index contributed by atoms with van der Waals surface area (Å²) in [5.74, 6) is 0.766. The van der Waals surface area contributed by atoms with Crippen LogP contribution in [0.15, 0.2) is 146 Å².